The highest BCUT2D eigenvalue weighted by atomic mass is 19.1. The number of rotatable bonds is 4. The molecule has 0 unspecified atom stereocenters. The van der Waals surface area contributed by atoms with Crippen molar-refractivity contribution in [1.82, 2.24) is 4.98 Å². The fourth-order valence-electron chi connectivity index (χ4n) is 1.47. The second kappa shape index (κ2) is 5.34. The maximum Gasteiger partial charge on any atom is 0.341 e. The molecule has 0 bridgehead atoms. The van der Waals surface area contributed by atoms with Crippen LogP contribution in [0.15, 0.2) is 36.5 Å². The van der Waals surface area contributed by atoms with E-state index in [9.17, 15) is 9.18 Å². The summed E-state index contributed by atoms with van der Waals surface area (Å²) in [5.41, 5.74) is -0.356. The van der Waals surface area contributed by atoms with Gasteiger partial charge < -0.3 is 14.6 Å². The van der Waals surface area contributed by atoms with Gasteiger partial charge in [0.05, 0.1) is 13.3 Å². The molecule has 1 aromatic heterocycles. The number of halogens is 1. The Kier molecular flexibility index (Phi) is 3.61. The zero-order chi connectivity index (χ0) is 13.8. The molecule has 2 aromatic rings. The molecule has 0 fully saturated rings. The molecular weight excluding hydrogens is 253 g/mol. The third-order valence-electron chi connectivity index (χ3n) is 2.32. The molecule has 0 aliphatic carbocycles. The average Bonchev–Trinajstić information content (AvgIpc) is 2.41. The molecule has 0 aliphatic heterocycles. The highest BCUT2D eigenvalue weighted by Crippen LogP contribution is 2.31. The van der Waals surface area contributed by atoms with Gasteiger partial charge in [0.25, 0.3) is 0 Å². The molecule has 19 heavy (non-hydrogen) atoms. The quantitative estimate of drug-likeness (QED) is 0.918. The first-order chi connectivity index (χ1) is 9.11. The van der Waals surface area contributed by atoms with Crippen LogP contribution in [0.1, 0.15) is 10.4 Å². The van der Waals surface area contributed by atoms with Crippen molar-refractivity contribution >= 4 is 5.97 Å². The predicted octanol–water partition coefficient (Wildman–Crippen LogP) is 2.72. The van der Waals surface area contributed by atoms with Gasteiger partial charge in [-0.3, -0.25) is 0 Å². The smallest absolute Gasteiger partial charge is 0.341 e. The van der Waals surface area contributed by atoms with Gasteiger partial charge in [0, 0.05) is 0 Å². The van der Waals surface area contributed by atoms with Crippen molar-refractivity contribution < 1.29 is 23.8 Å². The number of benzene rings is 1. The van der Waals surface area contributed by atoms with Gasteiger partial charge in [-0.1, -0.05) is 12.1 Å². The van der Waals surface area contributed by atoms with Gasteiger partial charge in [0.2, 0.25) is 5.88 Å². The molecule has 2 rings (SSSR count). The van der Waals surface area contributed by atoms with E-state index in [2.05, 4.69) is 4.98 Å². The van der Waals surface area contributed by atoms with Gasteiger partial charge in [-0.25, -0.2) is 14.2 Å². The molecule has 1 aromatic carbocycles. The summed E-state index contributed by atoms with van der Waals surface area (Å²) in [5, 5.41) is 8.98. The molecule has 0 spiro atoms. The topological polar surface area (TPSA) is 68.7 Å². The summed E-state index contributed by atoms with van der Waals surface area (Å²) in [6.45, 7) is 0. The normalized spacial score (nSPS) is 10.0. The predicted molar refractivity (Wildman–Crippen MR) is 64.2 cm³/mol. The number of aromatic nitrogens is 1. The summed E-state index contributed by atoms with van der Waals surface area (Å²) in [6.07, 6.45) is 0.886. The second-order valence-electron chi connectivity index (χ2n) is 3.56. The minimum atomic E-state index is -1.32. The molecule has 1 heterocycles. The standard InChI is InChI=1S/C13H10FNO4/c1-18-10-4-2-3-5-11(10)19-12-9(13(16)17)6-8(14)7-15-12/h2-7H,1H3,(H,16,17). The van der Waals surface area contributed by atoms with E-state index in [0.717, 1.165) is 12.3 Å². The summed E-state index contributed by atoms with van der Waals surface area (Å²) in [4.78, 5) is 14.6. The number of para-hydroxylation sites is 2. The Labute approximate surface area is 108 Å². The van der Waals surface area contributed by atoms with Crippen LogP contribution >= 0.6 is 0 Å². The fourth-order valence-corrected chi connectivity index (χ4v) is 1.47. The number of hydrogen-bond acceptors (Lipinski definition) is 4. The maximum atomic E-state index is 13.0. The van der Waals surface area contributed by atoms with Crippen molar-refractivity contribution in [2.24, 2.45) is 0 Å². The average molecular weight is 263 g/mol. The first kappa shape index (κ1) is 12.8. The Morgan fingerprint density at radius 1 is 1.32 bits per heavy atom. The molecule has 98 valence electrons. The summed E-state index contributed by atoms with van der Waals surface area (Å²) in [5.74, 6) is -1.54. The lowest BCUT2D eigenvalue weighted by Gasteiger charge is -2.10. The third-order valence-corrected chi connectivity index (χ3v) is 2.32. The Hall–Kier alpha value is -2.63. The first-order valence-electron chi connectivity index (χ1n) is 5.31. The van der Waals surface area contributed by atoms with Crippen LogP contribution in [-0.4, -0.2) is 23.2 Å². The van der Waals surface area contributed by atoms with Crippen LogP contribution in [-0.2, 0) is 0 Å². The number of pyridine rings is 1. The van der Waals surface area contributed by atoms with E-state index in [-0.39, 0.29) is 11.4 Å². The van der Waals surface area contributed by atoms with Crippen LogP contribution in [0.3, 0.4) is 0 Å². The molecule has 6 heteroatoms. The molecule has 0 amide bonds. The van der Waals surface area contributed by atoms with Crippen LogP contribution in [0.4, 0.5) is 4.39 Å². The number of hydrogen-bond donors (Lipinski definition) is 1. The SMILES string of the molecule is COc1ccccc1Oc1ncc(F)cc1C(=O)O. The second-order valence-corrected chi connectivity index (χ2v) is 3.56. The molecule has 0 saturated heterocycles. The van der Waals surface area contributed by atoms with Crippen LogP contribution in [0, 0.1) is 5.82 Å². The lowest BCUT2D eigenvalue weighted by atomic mass is 10.2. The van der Waals surface area contributed by atoms with Gasteiger partial charge in [-0.15, -0.1) is 0 Å². The largest absolute Gasteiger partial charge is 0.493 e. The van der Waals surface area contributed by atoms with Crippen molar-refractivity contribution in [3.05, 3.63) is 47.9 Å². The van der Waals surface area contributed by atoms with Gasteiger partial charge >= 0.3 is 5.97 Å². The summed E-state index contributed by atoms with van der Waals surface area (Å²) in [7, 11) is 1.46. The van der Waals surface area contributed by atoms with Gasteiger partial charge in [-0.05, 0) is 18.2 Å². The summed E-state index contributed by atoms with van der Waals surface area (Å²) >= 11 is 0. The Bertz CT molecular complexity index is 615. The maximum absolute atomic E-state index is 13.0. The van der Waals surface area contributed by atoms with Crippen molar-refractivity contribution in [3.8, 4) is 17.4 Å². The molecule has 5 nitrogen and oxygen atoms in total. The summed E-state index contributed by atoms with van der Waals surface area (Å²) in [6, 6.07) is 7.53. The van der Waals surface area contributed by atoms with E-state index in [1.54, 1.807) is 24.3 Å². The van der Waals surface area contributed by atoms with Crippen molar-refractivity contribution in [1.29, 1.82) is 0 Å². The van der Waals surface area contributed by atoms with Crippen molar-refractivity contribution in [2.75, 3.05) is 7.11 Å². The Morgan fingerprint density at radius 2 is 2.00 bits per heavy atom. The molecular formula is C13H10FNO4. The van der Waals surface area contributed by atoms with E-state index in [4.69, 9.17) is 14.6 Å². The number of ether oxygens (including phenoxy) is 2. The van der Waals surface area contributed by atoms with Crippen molar-refractivity contribution in [3.63, 3.8) is 0 Å². The molecule has 0 radical (unpaired) electrons. The Morgan fingerprint density at radius 3 is 2.63 bits per heavy atom. The van der Waals surface area contributed by atoms with Crippen LogP contribution in [0.2, 0.25) is 0 Å². The van der Waals surface area contributed by atoms with Gasteiger partial charge in [0.15, 0.2) is 11.5 Å². The van der Waals surface area contributed by atoms with E-state index >= 15 is 0 Å². The van der Waals surface area contributed by atoms with E-state index in [1.165, 1.54) is 7.11 Å². The number of methoxy groups -OCH3 is 1. The molecule has 0 aliphatic rings. The molecule has 0 atom stereocenters. The first-order valence-corrected chi connectivity index (χ1v) is 5.31. The van der Waals surface area contributed by atoms with Crippen LogP contribution < -0.4 is 9.47 Å². The highest BCUT2D eigenvalue weighted by Gasteiger charge is 2.16. The van der Waals surface area contributed by atoms with Gasteiger partial charge in [0.1, 0.15) is 11.4 Å². The highest BCUT2D eigenvalue weighted by molar-refractivity contribution is 5.90. The molecule has 0 saturated carbocycles. The van der Waals surface area contributed by atoms with Gasteiger partial charge in [-0.2, -0.15) is 0 Å². The van der Waals surface area contributed by atoms with Crippen LogP contribution in [0.25, 0.3) is 0 Å². The Balaban J connectivity index is 2.41. The monoisotopic (exact) mass is 263 g/mol. The number of carbonyl (C=O) groups is 1. The zero-order valence-electron chi connectivity index (χ0n) is 9.96. The van der Waals surface area contributed by atoms with E-state index < -0.39 is 11.8 Å². The summed E-state index contributed by atoms with van der Waals surface area (Å²) < 4.78 is 23.4. The number of aromatic carboxylic acids is 1. The molecule has 1 N–H and O–H groups in total. The van der Waals surface area contributed by atoms with E-state index in [1.807, 2.05) is 0 Å². The lowest BCUT2D eigenvalue weighted by molar-refractivity contribution is 0.0692. The minimum absolute atomic E-state index is 0.196. The number of carboxylic acid groups (broad SMARTS) is 1. The van der Waals surface area contributed by atoms with Crippen LogP contribution in [0.5, 0.6) is 17.4 Å². The number of carboxylic acids is 1. The van der Waals surface area contributed by atoms with E-state index in [0.29, 0.717) is 11.5 Å². The lowest BCUT2D eigenvalue weighted by Crippen LogP contribution is -2.03. The number of nitrogens with zero attached hydrogens (tertiary/aromatic N) is 1. The fraction of sp³-hybridized carbons (Fsp3) is 0.0769. The van der Waals surface area contributed by atoms with Crippen molar-refractivity contribution in [2.45, 2.75) is 0 Å². The minimum Gasteiger partial charge on any atom is -0.493 e. The third kappa shape index (κ3) is 2.79. The zero-order valence-corrected chi connectivity index (χ0v) is 9.96.